The highest BCUT2D eigenvalue weighted by molar-refractivity contribution is 5.87. The third kappa shape index (κ3) is 3.34. The fraction of sp³-hybridized carbons (Fsp3) is 0.333. The van der Waals surface area contributed by atoms with E-state index in [4.69, 9.17) is 4.74 Å². The molecule has 0 spiro atoms. The van der Waals surface area contributed by atoms with Gasteiger partial charge in [0, 0.05) is 5.57 Å². The van der Waals surface area contributed by atoms with Crippen LogP contribution in [-0.4, -0.2) is 33.5 Å². The van der Waals surface area contributed by atoms with Crippen molar-refractivity contribution < 1.29 is 14.3 Å². The summed E-state index contributed by atoms with van der Waals surface area (Å²) in [6.07, 6.45) is 2.91. The standard InChI is InChI=1S/C9H11N3O3/c1-7(2)9(14)15-6-3-8(13)12-5-4-10-11-12/h4-5H,1,3,6H2,2H3. The molecule has 1 aromatic rings. The van der Waals surface area contributed by atoms with E-state index in [-0.39, 0.29) is 18.9 Å². The molecule has 0 amide bonds. The zero-order valence-corrected chi connectivity index (χ0v) is 8.34. The molecule has 0 saturated heterocycles. The predicted molar refractivity (Wildman–Crippen MR) is 51.0 cm³/mol. The molecule has 0 unspecified atom stereocenters. The summed E-state index contributed by atoms with van der Waals surface area (Å²) in [5.74, 6) is -0.775. The van der Waals surface area contributed by atoms with E-state index < -0.39 is 5.97 Å². The topological polar surface area (TPSA) is 74.1 Å². The number of hydrogen-bond acceptors (Lipinski definition) is 5. The van der Waals surface area contributed by atoms with Crippen molar-refractivity contribution in [2.45, 2.75) is 13.3 Å². The summed E-state index contributed by atoms with van der Waals surface area (Å²) in [6, 6.07) is 0. The molecule has 0 fully saturated rings. The van der Waals surface area contributed by atoms with Gasteiger partial charge in [-0.1, -0.05) is 11.8 Å². The molecule has 1 heterocycles. The van der Waals surface area contributed by atoms with Crippen molar-refractivity contribution in [1.29, 1.82) is 0 Å². The van der Waals surface area contributed by atoms with Crippen molar-refractivity contribution in [2.75, 3.05) is 6.61 Å². The Hall–Kier alpha value is -1.98. The average molecular weight is 209 g/mol. The van der Waals surface area contributed by atoms with Gasteiger partial charge in [0.2, 0.25) is 0 Å². The lowest BCUT2D eigenvalue weighted by Gasteiger charge is -2.02. The van der Waals surface area contributed by atoms with Gasteiger partial charge in [-0.15, -0.1) is 5.10 Å². The Morgan fingerprint density at radius 1 is 1.53 bits per heavy atom. The number of carbonyl (C=O) groups is 2. The maximum Gasteiger partial charge on any atom is 0.333 e. The number of rotatable bonds is 4. The van der Waals surface area contributed by atoms with Crippen molar-refractivity contribution in [3.8, 4) is 0 Å². The maximum atomic E-state index is 11.3. The second-order valence-corrected chi connectivity index (χ2v) is 2.91. The summed E-state index contributed by atoms with van der Waals surface area (Å²) in [7, 11) is 0. The first-order valence-corrected chi connectivity index (χ1v) is 4.33. The van der Waals surface area contributed by atoms with Gasteiger partial charge in [-0.2, -0.15) is 4.68 Å². The fourth-order valence-electron chi connectivity index (χ4n) is 0.810. The molecule has 0 aliphatic carbocycles. The molecule has 0 aromatic carbocycles. The third-order valence-electron chi connectivity index (χ3n) is 1.58. The van der Waals surface area contributed by atoms with Gasteiger partial charge in [-0.25, -0.2) is 4.79 Å². The lowest BCUT2D eigenvalue weighted by molar-refractivity contribution is -0.138. The summed E-state index contributed by atoms with van der Waals surface area (Å²) >= 11 is 0. The molecule has 6 nitrogen and oxygen atoms in total. The molecular formula is C9H11N3O3. The first-order chi connectivity index (χ1) is 7.11. The van der Waals surface area contributed by atoms with E-state index in [1.54, 1.807) is 6.92 Å². The second kappa shape index (κ2) is 5.04. The Morgan fingerprint density at radius 2 is 2.27 bits per heavy atom. The van der Waals surface area contributed by atoms with Gasteiger partial charge in [0.1, 0.15) is 6.61 Å². The van der Waals surface area contributed by atoms with Crippen LogP contribution >= 0.6 is 0 Å². The summed E-state index contributed by atoms with van der Waals surface area (Å²) in [5.41, 5.74) is 0.309. The van der Waals surface area contributed by atoms with Crippen LogP contribution in [-0.2, 0) is 9.53 Å². The van der Waals surface area contributed by atoms with Crippen molar-refractivity contribution in [1.82, 2.24) is 15.0 Å². The van der Waals surface area contributed by atoms with Crippen molar-refractivity contribution >= 4 is 11.9 Å². The number of carbonyl (C=O) groups excluding carboxylic acids is 2. The minimum atomic E-state index is -0.499. The third-order valence-corrected chi connectivity index (χ3v) is 1.58. The van der Waals surface area contributed by atoms with E-state index in [0.717, 1.165) is 4.68 Å². The highest BCUT2D eigenvalue weighted by Crippen LogP contribution is 1.95. The lowest BCUT2D eigenvalue weighted by Crippen LogP contribution is -2.16. The lowest BCUT2D eigenvalue weighted by atomic mass is 10.3. The van der Waals surface area contributed by atoms with E-state index in [9.17, 15) is 9.59 Å². The fourth-order valence-corrected chi connectivity index (χ4v) is 0.810. The van der Waals surface area contributed by atoms with E-state index in [1.165, 1.54) is 12.4 Å². The van der Waals surface area contributed by atoms with E-state index in [2.05, 4.69) is 16.9 Å². The number of aromatic nitrogens is 3. The van der Waals surface area contributed by atoms with Crippen molar-refractivity contribution in [3.05, 3.63) is 24.5 Å². The largest absolute Gasteiger partial charge is 0.462 e. The Kier molecular flexibility index (Phi) is 3.73. The van der Waals surface area contributed by atoms with Crippen LogP contribution in [0.3, 0.4) is 0 Å². The van der Waals surface area contributed by atoms with Gasteiger partial charge in [-0.3, -0.25) is 4.79 Å². The number of ether oxygens (including phenoxy) is 1. The quantitative estimate of drug-likeness (QED) is 0.531. The molecule has 0 radical (unpaired) electrons. The smallest absolute Gasteiger partial charge is 0.333 e. The number of esters is 1. The maximum absolute atomic E-state index is 11.3. The monoisotopic (exact) mass is 209 g/mol. The van der Waals surface area contributed by atoms with Crippen LogP contribution < -0.4 is 0 Å². The molecule has 15 heavy (non-hydrogen) atoms. The zero-order chi connectivity index (χ0) is 11.3. The van der Waals surface area contributed by atoms with Crippen molar-refractivity contribution in [2.24, 2.45) is 0 Å². The molecule has 6 heteroatoms. The predicted octanol–water partition coefficient (Wildman–Crippen LogP) is 0.428. The van der Waals surface area contributed by atoms with E-state index >= 15 is 0 Å². The molecule has 80 valence electrons. The molecule has 0 aliphatic heterocycles. The summed E-state index contributed by atoms with van der Waals surface area (Å²) in [5, 5.41) is 6.99. The molecule has 0 N–H and O–H groups in total. The van der Waals surface area contributed by atoms with Crippen LogP contribution in [0.1, 0.15) is 18.1 Å². The zero-order valence-electron chi connectivity index (χ0n) is 8.34. The first-order valence-electron chi connectivity index (χ1n) is 4.33. The van der Waals surface area contributed by atoms with Gasteiger partial charge < -0.3 is 4.74 Å². The number of hydrogen-bond donors (Lipinski definition) is 0. The van der Waals surface area contributed by atoms with Gasteiger partial charge in [-0.05, 0) is 6.92 Å². The van der Waals surface area contributed by atoms with Gasteiger partial charge >= 0.3 is 5.97 Å². The van der Waals surface area contributed by atoms with E-state index in [1.807, 2.05) is 0 Å². The van der Waals surface area contributed by atoms with Crippen LogP contribution in [0.15, 0.2) is 24.5 Å². The van der Waals surface area contributed by atoms with Crippen LogP contribution in [0.2, 0.25) is 0 Å². The minimum absolute atomic E-state index is 0.0182. The first kappa shape index (κ1) is 11.1. The van der Waals surface area contributed by atoms with Gasteiger partial charge in [0.05, 0.1) is 18.8 Å². The van der Waals surface area contributed by atoms with Crippen LogP contribution in [0.4, 0.5) is 0 Å². The molecular weight excluding hydrogens is 198 g/mol. The molecule has 0 bridgehead atoms. The summed E-state index contributed by atoms with van der Waals surface area (Å²) < 4.78 is 5.84. The summed E-state index contributed by atoms with van der Waals surface area (Å²) in [4.78, 5) is 22.2. The molecule has 1 aromatic heterocycles. The molecule has 1 rings (SSSR count). The molecule has 0 aliphatic rings. The Bertz CT molecular complexity index is 370. The van der Waals surface area contributed by atoms with Crippen LogP contribution in [0, 0.1) is 0 Å². The normalized spacial score (nSPS) is 9.67. The molecule has 0 saturated carbocycles. The van der Waals surface area contributed by atoms with E-state index in [0.29, 0.717) is 5.57 Å². The number of nitrogens with zero attached hydrogens (tertiary/aromatic N) is 3. The molecule has 0 atom stereocenters. The van der Waals surface area contributed by atoms with Crippen molar-refractivity contribution in [3.63, 3.8) is 0 Å². The van der Waals surface area contributed by atoms with Crippen LogP contribution in [0.5, 0.6) is 0 Å². The Labute approximate surface area is 86.5 Å². The average Bonchev–Trinajstić information content (AvgIpc) is 2.70. The Balaban J connectivity index is 2.30. The highest BCUT2D eigenvalue weighted by atomic mass is 16.5. The van der Waals surface area contributed by atoms with Gasteiger partial charge in [0.15, 0.2) is 0 Å². The van der Waals surface area contributed by atoms with Crippen LogP contribution in [0.25, 0.3) is 0 Å². The van der Waals surface area contributed by atoms with Gasteiger partial charge in [0.25, 0.3) is 5.91 Å². The Morgan fingerprint density at radius 3 is 2.80 bits per heavy atom. The summed E-state index contributed by atoms with van der Waals surface area (Å²) in [6.45, 7) is 4.98. The SMILES string of the molecule is C=C(C)C(=O)OCCC(=O)n1ccnn1. The highest BCUT2D eigenvalue weighted by Gasteiger charge is 2.08. The minimum Gasteiger partial charge on any atom is -0.462 e. The second-order valence-electron chi connectivity index (χ2n) is 2.91.